The van der Waals surface area contributed by atoms with Gasteiger partial charge >= 0.3 is 0 Å². The van der Waals surface area contributed by atoms with Crippen LogP contribution in [0.2, 0.25) is 0 Å². The fraction of sp³-hybridized carbons (Fsp3) is 0.357. The standard InChI is InChI=1S/C14H17N3/c1-3-7-12(4-2)16-14-15-10-11-8-5-6-9-13(11)17-14/h2,5-6,8-9,12H,3,7,10H2,1H3,(H2,15,16,17). The van der Waals surface area contributed by atoms with Crippen molar-refractivity contribution in [1.29, 1.82) is 0 Å². The van der Waals surface area contributed by atoms with Gasteiger partial charge in [0.2, 0.25) is 0 Å². The average Bonchev–Trinajstić information content (AvgIpc) is 2.38. The summed E-state index contributed by atoms with van der Waals surface area (Å²) in [4.78, 5) is 4.44. The molecule has 0 fully saturated rings. The number of fused-ring (bicyclic) bond motifs is 1. The molecule has 2 rings (SSSR count). The number of aliphatic imine (C=N–C) groups is 1. The summed E-state index contributed by atoms with van der Waals surface area (Å²) in [6, 6.07) is 8.22. The van der Waals surface area contributed by atoms with E-state index in [9.17, 15) is 0 Å². The van der Waals surface area contributed by atoms with Gasteiger partial charge < -0.3 is 10.6 Å². The largest absolute Gasteiger partial charge is 0.342 e. The van der Waals surface area contributed by atoms with Gasteiger partial charge in [-0.25, -0.2) is 4.99 Å². The van der Waals surface area contributed by atoms with Crippen LogP contribution in [0.1, 0.15) is 25.3 Å². The van der Waals surface area contributed by atoms with Gasteiger partial charge in [0.15, 0.2) is 5.96 Å². The first-order valence-corrected chi connectivity index (χ1v) is 5.95. The minimum absolute atomic E-state index is 0.0523. The van der Waals surface area contributed by atoms with Crippen molar-refractivity contribution in [2.75, 3.05) is 5.32 Å². The van der Waals surface area contributed by atoms with E-state index in [0.29, 0.717) is 6.54 Å². The highest BCUT2D eigenvalue weighted by Gasteiger charge is 2.12. The zero-order chi connectivity index (χ0) is 12.1. The van der Waals surface area contributed by atoms with E-state index in [1.54, 1.807) is 0 Å². The number of nitrogens with one attached hydrogen (secondary N) is 2. The van der Waals surface area contributed by atoms with Gasteiger partial charge in [-0.05, 0) is 18.1 Å². The van der Waals surface area contributed by atoms with Gasteiger partial charge in [0, 0.05) is 5.69 Å². The quantitative estimate of drug-likeness (QED) is 0.778. The van der Waals surface area contributed by atoms with Crippen molar-refractivity contribution in [3.8, 4) is 12.3 Å². The first-order chi connectivity index (χ1) is 8.33. The van der Waals surface area contributed by atoms with E-state index in [1.807, 2.05) is 12.1 Å². The Balaban J connectivity index is 2.02. The summed E-state index contributed by atoms with van der Waals surface area (Å²) in [5.41, 5.74) is 2.32. The maximum absolute atomic E-state index is 5.48. The van der Waals surface area contributed by atoms with Crippen LogP contribution in [-0.4, -0.2) is 12.0 Å². The molecule has 1 aromatic rings. The van der Waals surface area contributed by atoms with E-state index < -0.39 is 0 Å². The predicted molar refractivity (Wildman–Crippen MR) is 71.9 cm³/mol. The SMILES string of the molecule is C#CC(CCC)NC1=NCc2ccccc2N1. The maximum atomic E-state index is 5.48. The Labute approximate surface area is 102 Å². The van der Waals surface area contributed by atoms with E-state index in [-0.39, 0.29) is 6.04 Å². The van der Waals surface area contributed by atoms with Gasteiger partial charge in [-0.2, -0.15) is 0 Å². The molecule has 0 saturated heterocycles. The van der Waals surface area contributed by atoms with Crippen LogP contribution in [-0.2, 0) is 6.54 Å². The molecule has 17 heavy (non-hydrogen) atoms. The number of para-hydroxylation sites is 1. The number of hydrogen-bond acceptors (Lipinski definition) is 3. The molecule has 0 saturated carbocycles. The lowest BCUT2D eigenvalue weighted by Crippen LogP contribution is -2.39. The summed E-state index contributed by atoms with van der Waals surface area (Å²) in [6.45, 7) is 2.83. The highest BCUT2D eigenvalue weighted by molar-refractivity contribution is 5.96. The molecule has 1 aliphatic rings. The molecule has 1 atom stereocenters. The molecule has 3 heteroatoms. The topological polar surface area (TPSA) is 36.4 Å². The Morgan fingerprint density at radius 3 is 3.12 bits per heavy atom. The molecule has 1 unspecified atom stereocenters. The number of hydrogen-bond donors (Lipinski definition) is 2. The molecular weight excluding hydrogens is 210 g/mol. The second-order valence-electron chi connectivity index (χ2n) is 4.10. The smallest absolute Gasteiger partial charge is 0.197 e. The lowest BCUT2D eigenvalue weighted by Gasteiger charge is -2.21. The number of rotatable bonds is 3. The summed E-state index contributed by atoms with van der Waals surface area (Å²) >= 11 is 0. The third kappa shape index (κ3) is 2.79. The van der Waals surface area contributed by atoms with Crippen LogP contribution in [0.25, 0.3) is 0 Å². The molecule has 1 aliphatic heterocycles. The highest BCUT2D eigenvalue weighted by atomic mass is 15.2. The summed E-state index contributed by atoms with van der Waals surface area (Å²) in [7, 11) is 0. The zero-order valence-electron chi connectivity index (χ0n) is 10.0. The summed E-state index contributed by atoms with van der Waals surface area (Å²) in [5, 5.41) is 6.51. The van der Waals surface area contributed by atoms with Crippen molar-refractivity contribution in [3.05, 3.63) is 29.8 Å². The molecule has 0 radical (unpaired) electrons. The molecule has 1 aromatic carbocycles. The van der Waals surface area contributed by atoms with E-state index in [0.717, 1.165) is 24.5 Å². The molecular formula is C14H17N3. The summed E-state index contributed by atoms with van der Waals surface area (Å²) in [5.74, 6) is 3.52. The predicted octanol–water partition coefficient (Wildman–Crippen LogP) is 2.36. The molecule has 0 spiro atoms. The van der Waals surface area contributed by atoms with E-state index in [1.165, 1.54) is 5.56 Å². The number of terminal acetylenes is 1. The van der Waals surface area contributed by atoms with E-state index >= 15 is 0 Å². The van der Waals surface area contributed by atoms with Crippen LogP contribution < -0.4 is 10.6 Å². The minimum atomic E-state index is 0.0523. The molecule has 0 aliphatic carbocycles. The fourth-order valence-corrected chi connectivity index (χ4v) is 1.84. The van der Waals surface area contributed by atoms with Crippen molar-refractivity contribution < 1.29 is 0 Å². The Bertz CT molecular complexity index is 457. The fourth-order valence-electron chi connectivity index (χ4n) is 1.84. The van der Waals surface area contributed by atoms with Crippen LogP contribution in [0.5, 0.6) is 0 Å². The minimum Gasteiger partial charge on any atom is -0.342 e. The molecule has 3 nitrogen and oxygen atoms in total. The zero-order valence-corrected chi connectivity index (χ0v) is 10.0. The van der Waals surface area contributed by atoms with Crippen LogP contribution >= 0.6 is 0 Å². The van der Waals surface area contributed by atoms with Crippen LogP contribution in [0.3, 0.4) is 0 Å². The van der Waals surface area contributed by atoms with Crippen molar-refractivity contribution in [2.24, 2.45) is 4.99 Å². The number of anilines is 1. The molecule has 2 N–H and O–H groups in total. The van der Waals surface area contributed by atoms with Crippen LogP contribution in [0.4, 0.5) is 5.69 Å². The molecule has 1 heterocycles. The lowest BCUT2D eigenvalue weighted by atomic mass is 10.1. The van der Waals surface area contributed by atoms with Crippen molar-refractivity contribution in [3.63, 3.8) is 0 Å². The Morgan fingerprint density at radius 2 is 2.35 bits per heavy atom. The van der Waals surface area contributed by atoms with Gasteiger partial charge in [0.25, 0.3) is 0 Å². The van der Waals surface area contributed by atoms with Crippen molar-refractivity contribution in [1.82, 2.24) is 5.32 Å². The first kappa shape index (κ1) is 11.5. The lowest BCUT2D eigenvalue weighted by molar-refractivity contribution is 0.659. The number of nitrogens with zero attached hydrogens (tertiary/aromatic N) is 1. The normalized spacial score (nSPS) is 14.9. The number of benzene rings is 1. The molecule has 0 aromatic heterocycles. The molecule has 0 bridgehead atoms. The van der Waals surface area contributed by atoms with E-state index in [4.69, 9.17) is 6.42 Å². The molecule has 88 valence electrons. The number of guanidine groups is 1. The third-order valence-corrected chi connectivity index (χ3v) is 2.77. The average molecular weight is 227 g/mol. The van der Waals surface area contributed by atoms with E-state index in [2.05, 4.69) is 40.6 Å². The summed E-state index contributed by atoms with van der Waals surface area (Å²) in [6.07, 6.45) is 7.49. The van der Waals surface area contributed by atoms with Crippen molar-refractivity contribution >= 4 is 11.6 Å². The Morgan fingerprint density at radius 1 is 1.53 bits per heavy atom. The van der Waals surface area contributed by atoms with Crippen molar-refractivity contribution in [2.45, 2.75) is 32.4 Å². The van der Waals surface area contributed by atoms with Gasteiger partial charge in [0.05, 0.1) is 12.6 Å². The highest BCUT2D eigenvalue weighted by Crippen LogP contribution is 2.19. The van der Waals surface area contributed by atoms with Crippen LogP contribution in [0, 0.1) is 12.3 Å². The maximum Gasteiger partial charge on any atom is 0.197 e. The van der Waals surface area contributed by atoms with Gasteiger partial charge in [-0.3, -0.25) is 0 Å². The van der Waals surface area contributed by atoms with Gasteiger partial charge in [-0.15, -0.1) is 6.42 Å². The first-order valence-electron chi connectivity index (χ1n) is 5.95. The third-order valence-electron chi connectivity index (χ3n) is 2.77. The van der Waals surface area contributed by atoms with Gasteiger partial charge in [-0.1, -0.05) is 37.5 Å². The van der Waals surface area contributed by atoms with Gasteiger partial charge in [0.1, 0.15) is 0 Å². The molecule has 0 amide bonds. The Kier molecular flexibility index (Phi) is 3.66. The second kappa shape index (κ2) is 5.40. The monoisotopic (exact) mass is 227 g/mol. The Hall–Kier alpha value is -1.95. The second-order valence-corrected chi connectivity index (χ2v) is 4.10. The summed E-state index contributed by atoms with van der Waals surface area (Å²) < 4.78 is 0. The van der Waals surface area contributed by atoms with Crippen LogP contribution in [0.15, 0.2) is 29.3 Å².